The van der Waals surface area contributed by atoms with Gasteiger partial charge in [-0.15, -0.1) is 0 Å². The first-order valence-corrected chi connectivity index (χ1v) is 13.0. The third-order valence-corrected chi connectivity index (χ3v) is 8.10. The number of hydrogen-bond donors (Lipinski definition) is 0. The number of benzene rings is 2. The number of hydrogen-bond acceptors (Lipinski definition) is 4. The lowest BCUT2D eigenvalue weighted by atomic mass is 9.99. The smallest absolute Gasteiger partial charge is 0.211 e. The Morgan fingerprint density at radius 3 is 2.42 bits per heavy atom. The van der Waals surface area contributed by atoms with Gasteiger partial charge in [0, 0.05) is 25.8 Å². The molecule has 0 spiro atoms. The van der Waals surface area contributed by atoms with E-state index in [9.17, 15) is 13.2 Å². The molecule has 1 aliphatic rings. The summed E-state index contributed by atoms with van der Waals surface area (Å²) in [5.41, 5.74) is 1.98. The lowest BCUT2D eigenvalue weighted by Crippen LogP contribution is -2.35. The summed E-state index contributed by atoms with van der Waals surface area (Å²) in [7, 11) is -4.06. The molecule has 0 bridgehead atoms. The van der Waals surface area contributed by atoms with Crippen LogP contribution in [0.2, 0.25) is 0 Å². The van der Waals surface area contributed by atoms with Crippen molar-refractivity contribution >= 4 is 26.4 Å². The maximum absolute atomic E-state index is 15.2. The van der Waals surface area contributed by atoms with Crippen LogP contribution in [0.3, 0.4) is 0 Å². The first kappa shape index (κ1) is 23.5. The molecule has 0 unspecified atom stereocenters. The Labute approximate surface area is 194 Å². The van der Waals surface area contributed by atoms with Gasteiger partial charge in [0.15, 0.2) is 0 Å². The number of rotatable bonds is 5. The van der Waals surface area contributed by atoms with Gasteiger partial charge in [0.1, 0.15) is 10.7 Å². The van der Waals surface area contributed by atoms with Gasteiger partial charge in [0.25, 0.3) is 0 Å². The van der Waals surface area contributed by atoms with Gasteiger partial charge in [-0.3, -0.25) is 4.79 Å². The monoisotopic (exact) mass is 470 g/mol. The number of fused-ring (bicyclic) bond motifs is 1. The molecule has 1 aromatic heterocycles. The van der Waals surface area contributed by atoms with Crippen molar-refractivity contribution in [2.24, 2.45) is 5.92 Å². The van der Waals surface area contributed by atoms with Crippen LogP contribution in [0.25, 0.3) is 10.9 Å². The van der Waals surface area contributed by atoms with Crippen molar-refractivity contribution in [1.82, 2.24) is 4.57 Å². The maximum atomic E-state index is 15.2. The zero-order valence-electron chi connectivity index (χ0n) is 19.7. The molecule has 1 aliphatic heterocycles. The lowest BCUT2D eigenvalue weighted by Gasteiger charge is -2.33. The lowest BCUT2D eigenvalue weighted by molar-refractivity contribution is 0.442. The van der Waals surface area contributed by atoms with Crippen molar-refractivity contribution < 1.29 is 12.8 Å². The molecule has 5 nitrogen and oxygen atoms in total. The normalized spacial score (nSPS) is 17.0. The van der Waals surface area contributed by atoms with Crippen molar-refractivity contribution in [3.63, 3.8) is 0 Å². The van der Waals surface area contributed by atoms with Crippen LogP contribution < -0.4 is 10.3 Å². The van der Waals surface area contributed by atoms with Gasteiger partial charge >= 0.3 is 0 Å². The standard InChI is InChI=1S/C26H31FN2O3S/c1-5-8-28-16-25(33(31,32)20-11-18(3)10-19(4)12-20)26(30)21-13-22(27)24(14-23(21)28)29-9-6-7-17(2)15-29/h10-14,16-17H,5-9,15H2,1-4H3/t17-/m0/s1. The van der Waals surface area contributed by atoms with Crippen LogP contribution in [0.15, 0.2) is 51.1 Å². The maximum Gasteiger partial charge on any atom is 0.211 e. The number of anilines is 1. The SMILES string of the molecule is CCCn1cc(S(=O)(=O)c2cc(C)cc(C)c2)c(=O)c2cc(F)c(N3CCC[C@H](C)C3)cc21. The van der Waals surface area contributed by atoms with Crippen molar-refractivity contribution in [1.29, 1.82) is 0 Å². The second kappa shape index (κ2) is 8.93. The summed E-state index contributed by atoms with van der Waals surface area (Å²) in [6.07, 6.45) is 4.29. The van der Waals surface area contributed by atoms with E-state index in [1.165, 1.54) is 12.3 Å². The Bertz CT molecular complexity index is 1360. The largest absolute Gasteiger partial charge is 0.369 e. The highest BCUT2D eigenvalue weighted by atomic mass is 32.2. The predicted octanol–water partition coefficient (Wildman–Crippen LogP) is 5.24. The zero-order valence-corrected chi connectivity index (χ0v) is 20.5. The van der Waals surface area contributed by atoms with Crippen molar-refractivity contribution in [2.45, 2.75) is 63.3 Å². The molecule has 2 heterocycles. The molecule has 0 saturated carbocycles. The van der Waals surface area contributed by atoms with E-state index in [2.05, 4.69) is 6.92 Å². The average molecular weight is 471 g/mol. The number of aromatic nitrogens is 1. The summed E-state index contributed by atoms with van der Waals surface area (Å²) in [5, 5.41) is 0.0974. The van der Waals surface area contributed by atoms with Crippen LogP contribution in [0.5, 0.6) is 0 Å². The molecule has 1 saturated heterocycles. The van der Waals surface area contributed by atoms with Crippen molar-refractivity contribution in [3.8, 4) is 0 Å². The van der Waals surface area contributed by atoms with Gasteiger partial charge in [-0.25, -0.2) is 12.8 Å². The molecule has 0 amide bonds. The van der Waals surface area contributed by atoms with E-state index < -0.39 is 21.1 Å². The third kappa shape index (κ3) is 4.43. The average Bonchev–Trinajstić information content (AvgIpc) is 2.74. The molecular weight excluding hydrogens is 439 g/mol. The van der Waals surface area contributed by atoms with E-state index in [0.29, 0.717) is 23.7 Å². The van der Waals surface area contributed by atoms with Crippen molar-refractivity contribution in [3.05, 3.63) is 63.7 Å². The summed E-state index contributed by atoms with van der Waals surface area (Å²) in [5.74, 6) is -0.0188. The van der Waals surface area contributed by atoms with E-state index in [0.717, 1.165) is 43.5 Å². The van der Waals surface area contributed by atoms with Gasteiger partial charge in [-0.05, 0) is 74.4 Å². The number of pyridine rings is 1. The molecule has 7 heteroatoms. The van der Waals surface area contributed by atoms with Crippen LogP contribution in [-0.2, 0) is 16.4 Å². The van der Waals surface area contributed by atoms with Crippen LogP contribution in [0.1, 0.15) is 44.2 Å². The number of halogens is 1. The second-order valence-corrected chi connectivity index (χ2v) is 11.3. The van der Waals surface area contributed by atoms with Gasteiger partial charge in [-0.1, -0.05) is 19.9 Å². The Morgan fingerprint density at radius 2 is 1.79 bits per heavy atom. The fourth-order valence-electron chi connectivity index (χ4n) is 4.86. The van der Waals surface area contributed by atoms with Crippen LogP contribution in [0.4, 0.5) is 10.1 Å². The molecule has 3 aromatic rings. The van der Waals surface area contributed by atoms with Gasteiger partial charge < -0.3 is 9.47 Å². The molecule has 4 rings (SSSR count). The fraction of sp³-hybridized carbons (Fsp3) is 0.423. The van der Waals surface area contributed by atoms with Gasteiger partial charge in [0.2, 0.25) is 15.3 Å². The minimum Gasteiger partial charge on any atom is -0.369 e. The molecule has 1 atom stereocenters. The topological polar surface area (TPSA) is 59.4 Å². The van der Waals surface area contributed by atoms with Crippen LogP contribution >= 0.6 is 0 Å². The number of sulfone groups is 1. The summed E-state index contributed by atoms with van der Waals surface area (Å²) in [6.45, 7) is 9.83. The Morgan fingerprint density at radius 1 is 1.09 bits per heavy atom. The molecule has 0 aliphatic carbocycles. The third-order valence-electron chi connectivity index (χ3n) is 6.37. The molecule has 0 N–H and O–H groups in total. The number of aryl methyl sites for hydroxylation is 3. The highest BCUT2D eigenvalue weighted by Gasteiger charge is 2.26. The Kier molecular flexibility index (Phi) is 6.36. The fourth-order valence-corrected chi connectivity index (χ4v) is 6.41. The molecule has 176 valence electrons. The van der Waals surface area contributed by atoms with Crippen LogP contribution in [0, 0.1) is 25.6 Å². The van der Waals surface area contributed by atoms with Crippen LogP contribution in [-0.4, -0.2) is 26.1 Å². The van der Waals surface area contributed by atoms with Gasteiger partial charge in [0.05, 0.1) is 21.5 Å². The Balaban J connectivity index is 1.94. The molecule has 0 radical (unpaired) electrons. The van der Waals surface area contributed by atoms with E-state index >= 15 is 4.39 Å². The summed E-state index contributed by atoms with van der Waals surface area (Å²) in [4.78, 5) is 15.2. The predicted molar refractivity (Wildman–Crippen MR) is 130 cm³/mol. The number of nitrogens with zero attached hydrogens (tertiary/aromatic N) is 2. The molecule has 2 aromatic carbocycles. The zero-order chi connectivity index (χ0) is 23.9. The summed E-state index contributed by atoms with van der Waals surface area (Å²) in [6, 6.07) is 7.95. The minimum absolute atomic E-state index is 0.0823. The minimum atomic E-state index is -4.06. The summed E-state index contributed by atoms with van der Waals surface area (Å²) >= 11 is 0. The highest BCUT2D eigenvalue weighted by Crippen LogP contribution is 2.30. The van der Waals surface area contributed by atoms with E-state index in [-0.39, 0.29) is 15.2 Å². The number of piperidine rings is 1. The van der Waals surface area contributed by atoms with Crippen molar-refractivity contribution in [2.75, 3.05) is 18.0 Å². The quantitative estimate of drug-likeness (QED) is 0.512. The van der Waals surface area contributed by atoms with E-state index in [4.69, 9.17) is 0 Å². The van der Waals surface area contributed by atoms with E-state index in [1.54, 1.807) is 22.8 Å². The van der Waals surface area contributed by atoms with Gasteiger partial charge in [-0.2, -0.15) is 0 Å². The highest BCUT2D eigenvalue weighted by molar-refractivity contribution is 7.91. The molecule has 33 heavy (non-hydrogen) atoms. The Hall–Kier alpha value is -2.67. The summed E-state index contributed by atoms with van der Waals surface area (Å²) < 4.78 is 44.0. The van der Waals surface area contributed by atoms with E-state index in [1.807, 2.05) is 31.7 Å². The first-order valence-electron chi connectivity index (χ1n) is 11.6. The molecular formula is C26H31FN2O3S. The molecule has 1 fully saturated rings. The second-order valence-electron chi connectivity index (χ2n) is 9.36. The first-order chi connectivity index (χ1) is 15.6.